The van der Waals surface area contributed by atoms with Crippen molar-refractivity contribution in [2.75, 3.05) is 37.4 Å². The van der Waals surface area contributed by atoms with E-state index in [-0.39, 0.29) is 0 Å². The summed E-state index contributed by atoms with van der Waals surface area (Å²) < 4.78 is 2.30. The topological polar surface area (TPSA) is 70.9 Å². The molecule has 1 aliphatic heterocycles. The molecule has 2 aromatic carbocycles. The van der Waals surface area contributed by atoms with E-state index in [1.165, 1.54) is 56.2 Å². The predicted octanol–water partition coefficient (Wildman–Crippen LogP) is 7.26. The lowest BCUT2D eigenvalue weighted by atomic mass is 9.67. The third-order valence-corrected chi connectivity index (χ3v) is 11.2. The van der Waals surface area contributed by atoms with Crippen molar-refractivity contribution in [3.8, 4) is 11.4 Å². The number of hydrogen-bond donors (Lipinski definition) is 2. The maximum Gasteiger partial charge on any atom is 0.225 e. The molecule has 3 saturated carbocycles. The summed E-state index contributed by atoms with van der Waals surface area (Å²) in [6, 6.07) is 15.3. The van der Waals surface area contributed by atoms with Gasteiger partial charge in [0.15, 0.2) is 5.65 Å². The number of nitrogens with zero attached hydrogens (tertiary/aromatic N) is 5. The second kappa shape index (κ2) is 10.5. The Morgan fingerprint density at radius 2 is 1.84 bits per heavy atom. The van der Waals surface area contributed by atoms with Crippen molar-refractivity contribution < 1.29 is 0 Å². The van der Waals surface area contributed by atoms with Gasteiger partial charge in [0, 0.05) is 43.5 Å². The minimum absolute atomic E-state index is 0.589. The standard InChI is InChI=1S/C35H42ClN7/c1-42(2)27-7-5-24(6-8-27)31-40-30-20-39-33(41-32(30)43(31)16-11-23-9-14-37-15-10-23)38-19-26-4-3-25(17-29(26)36)28-18-35(28)21-34(22-35)12-13-34/h3-8,17,20,23,28,37H,9-16,18-19,21-22H2,1-2H3,(H,38,39,41). The molecule has 4 aliphatic rings. The summed E-state index contributed by atoms with van der Waals surface area (Å²) in [6.07, 6.45) is 12.6. The highest BCUT2D eigenvalue weighted by Gasteiger charge is 2.70. The maximum atomic E-state index is 6.82. The van der Waals surface area contributed by atoms with Gasteiger partial charge in [-0.25, -0.2) is 9.97 Å². The van der Waals surface area contributed by atoms with Gasteiger partial charge < -0.3 is 20.1 Å². The van der Waals surface area contributed by atoms with Crippen LogP contribution in [0.2, 0.25) is 5.02 Å². The van der Waals surface area contributed by atoms with Gasteiger partial charge >= 0.3 is 0 Å². The molecule has 1 unspecified atom stereocenters. The molecule has 43 heavy (non-hydrogen) atoms. The fraction of sp³-hybridized carbons (Fsp3) is 0.514. The van der Waals surface area contributed by atoms with Crippen LogP contribution in [0.4, 0.5) is 11.6 Å². The molecule has 2 aromatic heterocycles. The van der Waals surface area contributed by atoms with Crippen LogP contribution in [0, 0.1) is 16.7 Å². The van der Waals surface area contributed by atoms with Crippen LogP contribution in [0.1, 0.15) is 68.4 Å². The largest absolute Gasteiger partial charge is 0.378 e. The number of fused-ring (bicyclic) bond motifs is 1. The molecule has 2 N–H and O–H groups in total. The molecule has 224 valence electrons. The summed E-state index contributed by atoms with van der Waals surface area (Å²) in [5.74, 6) is 2.99. The Morgan fingerprint density at radius 3 is 2.56 bits per heavy atom. The number of rotatable bonds is 9. The van der Waals surface area contributed by atoms with Gasteiger partial charge in [-0.15, -0.1) is 0 Å². The predicted molar refractivity (Wildman–Crippen MR) is 175 cm³/mol. The van der Waals surface area contributed by atoms with E-state index in [0.29, 0.717) is 23.8 Å². The fourth-order valence-corrected chi connectivity index (χ4v) is 8.36. The quantitative estimate of drug-likeness (QED) is 0.212. The first kappa shape index (κ1) is 27.4. The highest BCUT2D eigenvalue weighted by Crippen LogP contribution is 2.82. The summed E-state index contributed by atoms with van der Waals surface area (Å²) in [7, 11) is 4.13. The normalized spacial score (nSPS) is 21.7. The molecule has 0 radical (unpaired) electrons. The Morgan fingerprint density at radius 1 is 1.05 bits per heavy atom. The lowest BCUT2D eigenvalue weighted by molar-refractivity contribution is 0.137. The van der Waals surface area contributed by atoms with Gasteiger partial charge in [0.2, 0.25) is 5.95 Å². The average Bonchev–Trinajstić information content (AvgIpc) is 3.92. The van der Waals surface area contributed by atoms with Gasteiger partial charge in [-0.05, 0) is 129 Å². The van der Waals surface area contributed by atoms with Crippen molar-refractivity contribution in [1.82, 2.24) is 24.8 Å². The highest BCUT2D eigenvalue weighted by molar-refractivity contribution is 6.31. The van der Waals surface area contributed by atoms with Crippen LogP contribution in [0.5, 0.6) is 0 Å². The molecule has 0 amide bonds. The third-order valence-electron chi connectivity index (χ3n) is 10.9. The Balaban J connectivity index is 1.01. The lowest BCUT2D eigenvalue weighted by Gasteiger charge is -2.38. The van der Waals surface area contributed by atoms with Crippen molar-refractivity contribution in [3.05, 3.63) is 64.8 Å². The van der Waals surface area contributed by atoms with E-state index in [1.54, 1.807) is 0 Å². The summed E-state index contributed by atoms with van der Waals surface area (Å²) in [4.78, 5) is 16.8. The van der Waals surface area contributed by atoms with Gasteiger partial charge in [0.25, 0.3) is 0 Å². The fourth-order valence-electron chi connectivity index (χ4n) is 8.11. The molecule has 8 heteroatoms. The first-order chi connectivity index (χ1) is 20.9. The number of hydrogen-bond acceptors (Lipinski definition) is 6. The molecule has 3 aliphatic carbocycles. The maximum absolute atomic E-state index is 6.82. The molecule has 3 heterocycles. The van der Waals surface area contributed by atoms with Crippen LogP contribution < -0.4 is 15.5 Å². The van der Waals surface area contributed by atoms with Crippen LogP contribution in [0.3, 0.4) is 0 Å². The van der Waals surface area contributed by atoms with Crippen LogP contribution >= 0.6 is 11.6 Å². The number of nitrogens with one attached hydrogen (secondary N) is 2. The molecular formula is C35H42ClN7. The van der Waals surface area contributed by atoms with E-state index in [2.05, 4.69) is 81.6 Å². The number of aryl methyl sites for hydroxylation is 1. The zero-order chi connectivity index (χ0) is 29.2. The van der Waals surface area contributed by atoms with Crippen molar-refractivity contribution in [2.24, 2.45) is 16.7 Å². The van der Waals surface area contributed by atoms with Crippen molar-refractivity contribution in [2.45, 2.75) is 70.4 Å². The molecule has 1 saturated heterocycles. The number of benzene rings is 2. The second-order valence-electron chi connectivity index (χ2n) is 14.1. The van der Waals surface area contributed by atoms with Gasteiger partial charge in [-0.1, -0.05) is 23.7 Å². The van der Waals surface area contributed by atoms with E-state index in [4.69, 9.17) is 21.6 Å². The van der Waals surface area contributed by atoms with Crippen LogP contribution in [0.25, 0.3) is 22.6 Å². The van der Waals surface area contributed by atoms with Crippen LogP contribution in [0.15, 0.2) is 48.7 Å². The molecule has 0 bridgehead atoms. The van der Waals surface area contributed by atoms with E-state index < -0.39 is 0 Å². The Labute approximate surface area is 259 Å². The van der Waals surface area contributed by atoms with Gasteiger partial charge in [-0.3, -0.25) is 0 Å². The number of imidazole rings is 1. The van der Waals surface area contributed by atoms with Crippen molar-refractivity contribution >= 4 is 34.4 Å². The molecule has 7 nitrogen and oxygen atoms in total. The number of anilines is 2. The summed E-state index contributed by atoms with van der Waals surface area (Å²) in [5, 5.41) is 7.79. The van der Waals surface area contributed by atoms with Crippen molar-refractivity contribution in [1.29, 1.82) is 0 Å². The SMILES string of the molecule is CN(C)c1ccc(-c2nc3cnc(NCc4ccc(C5CC56CC5(CC5)C6)cc4Cl)nc3n2CCC2CCNCC2)cc1. The molecule has 8 rings (SSSR count). The second-order valence-corrected chi connectivity index (χ2v) is 14.5. The first-order valence-electron chi connectivity index (χ1n) is 16.1. The zero-order valence-corrected chi connectivity index (χ0v) is 26.1. The van der Waals surface area contributed by atoms with Gasteiger partial charge in [-0.2, -0.15) is 4.98 Å². The summed E-state index contributed by atoms with van der Waals surface area (Å²) in [5.41, 5.74) is 7.84. The zero-order valence-electron chi connectivity index (χ0n) is 25.4. The summed E-state index contributed by atoms with van der Waals surface area (Å²) in [6.45, 7) is 3.69. The number of aromatic nitrogens is 4. The Hall–Kier alpha value is -3.16. The van der Waals surface area contributed by atoms with E-state index >= 15 is 0 Å². The Kier molecular flexibility index (Phi) is 6.68. The molecule has 4 fully saturated rings. The van der Waals surface area contributed by atoms with E-state index in [0.717, 1.165) is 70.5 Å². The molecule has 1 atom stereocenters. The number of halogens is 1. The van der Waals surface area contributed by atoms with E-state index in [1.807, 2.05) is 6.20 Å². The number of piperidine rings is 1. The van der Waals surface area contributed by atoms with Crippen LogP contribution in [-0.4, -0.2) is 46.7 Å². The average molecular weight is 596 g/mol. The minimum atomic E-state index is 0.589. The monoisotopic (exact) mass is 595 g/mol. The first-order valence-corrected chi connectivity index (χ1v) is 16.5. The third kappa shape index (κ3) is 5.18. The van der Waals surface area contributed by atoms with Crippen molar-refractivity contribution in [3.63, 3.8) is 0 Å². The van der Waals surface area contributed by atoms with E-state index in [9.17, 15) is 0 Å². The van der Waals surface area contributed by atoms with Gasteiger partial charge in [0.05, 0.1) is 6.20 Å². The lowest BCUT2D eigenvalue weighted by Crippen LogP contribution is -2.28. The summed E-state index contributed by atoms with van der Waals surface area (Å²) >= 11 is 6.82. The Bertz CT molecular complexity index is 1640. The van der Waals surface area contributed by atoms with Gasteiger partial charge in [0.1, 0.15) is 11.3 Å². The smallest absolute Gasteiger partial charge is 0.225 e. The van der Waals surface area contributed by atoms with Crippen LogP contribution in [-0.2, 0) is 13.1 Å². The molecular weight excluding hydrogens is 554 g/mol. The molecule has 4 aromatic rings. The molecule has 2 spiro atoms. The minimum Gasteiger partial charge on any atom is -0.378 e. The highest BCUT2D eigenvalue weighted by atomic mass is 35.5.